The second-order valence-corrected chi connectivity index (χ2v) is 9.27. The van der Waals surface area contributed by atoms with Gasteiger partial charge in [-0.25, -0.2) is 4.98 Å². The predicted octanol–water partition coefficient (Wildman–Crippen LogP) is 4.37. The molecule has 0 saturated carbocycles. The fourth-order valence-electron chi connectivity index (χ4n) is 2.26. The monoisotopic (exact) mass is 457 g/mol. The number of nitrogens with two attached hydrogens (primary N) is 1. The largest absolute Gasteiger partial charge is 0.493 e. The van der Waals surface area contributed by atoms with Gasteiger partial charge in [0.15, 0.2) is 16.6 Å². The molecule has 29 heavy (non-hydrogen) atoms. The first-order valence-electron chi connectivity index (χ1n) is 8.91. The molecule has 158 valence electrons. The van der Waals surface area contributed by atoms with Crippen molar-refractivity contribution in [2.75, 3.05) is 24.8 Å². The Bertz CT molecular complexity index is 887. The van der Waals surface area contributed by atoms with Crippen LogP contribution in [-0.2, 0) is 4.79 Å². The van der Waals surface area contributed by atoms with E-state index in [1.807, 2.05) is 0 Å². The standard InChI is InChI=1S/C19H24ClN3O4S2/c1-10(2)5-6-27-16-13(20)7-12(8-14(16)26-4)17(25)23-19-22-11(3)18(29-19)28-9-15(21)24/h7-8,10H,5-6,9H2,1-4H3,(H2,21,24)(H,22,23,25). The molecule has 2 aromatic rings. The summed E-state index contributed by atoms with van der Waals surface area (Å²) in [7, 11) is 1.50. The summed E-state index contributed by atoms with van der Waals surface area (Å²) in [4.78, 5) is 27.9. The van der Waals surface area contributed by atoms with Gasteiger partial charge in [-0.05, 0) is 31.4 Å². The molecule has 10 heteroatoms. The summed E-state index contributed by atoms with van der Waals surface area (Å²) in [5, 5.41) is 3.47. The zero-order valence-corrected chi connectivity index (χ0v) is 19.1. The van der Waals surface area contributed by atoms with Crippen LogP contribution in [0.3, 0.4) is 0 Å². The van der Waals surface area contributed by atoms with Crippen LogP contribution < -0.4 is 20.5 Å². The number of benzene rings is 1. The molecule has 7 nitrogen and oxygen atoms in total. The van der Waals surface area contributed by atoms with Gasteiger partial charge in [-0.2, -0.15) is 0 Å². The maximum absolute atomic E-state index is 12.7. The number of anilines is 1. The highest BCUT2D eigenvalue weighted by Crippen LogP contribution is 2.37. The van der Waals surface area contributed by atoms with Gasteiger partial charge in [0.1, 0.15) is 0 Å². The van der Waals surface area contributed by atoms with Crippen molar-refractivity contribution < 1.29 is 19.1 Å². The number of nitrogens with zero attached hydrogens (tertiary/aromatic N) is 1. The zero-order valence-electron chi connectivity index (χ0n) is 16.7. The summed E-state index contributed by atoms with van der Waals surface area (Å²) >= 11 is 8.90. The minimum atomic E-state index is -0.411. The average molecular weight is 458 g/mol. The number of thiazole rings is 1. The molecule has 0 fully saturated rings. The van der Waals surface area contributed by atoms with Crippen LogP contribution in [0.1, 0.15) is 36.3 Å². The fourth-order valence-corrected chi connectivity index (χ4v) is 4.40. The van der Waals surface area contributed by atoms with Crippen molar-refractivity contribution in [3.63, 3.8) is 0 Å². The number of methoxy groups -OCH3 is 1. The van der Waals surface area contributed by atoms with Crippen LogP contribution in [0.15, 0.2) is 16.3 Å². The molecule has 3 N–H and O–H groups in total. The van der Waals surface area contributed by atoms with Crippen molar-refractivity contribution in [1.82, 2.24) is 4.98 Å². The first-order valence-corrected chi connectivity index (χ1v) is 11.1. The molecule has 0 bridgehead atoms. The molecule has 0 aliphatic heterocycles. The van der Waals surface area contributed by atoms with Gasteiger partial charge in [-0.1, -0.05) is 36.8 Å². The smallest absolute Gasteiger partial charge is 0.257 e. The number of hydrogen-bond donors (Lipinski definition) is 2. The number of carbonyl (C=O) groups excluding carboxylic acids is 2. The van der Waals surface area contributed by atoms with Crippen LogP contribution in [0.25, 0.3) is 0 Å². The summed E-state index contributed by atoms with van der Waals surface area (Å²) < 4.78 is 11.9. The number of hydrogen-bond acceptors (Lipinski definition) is 7. The van der Waals surface area contributed by atoms with E-state index < -0.39 is 5.91 Å². The molecule has 1 heterocycles. The van der Waals surface area contributed by atoms with Crippen molar-refractivity contribution in [2.24, 2.45) is 11.7 Å². The quantitative estimate of drug-likeness (QED) is 0.513. The lowest BCUT2D eigenvalue weighted by atomic mass is 10.1. The molecule has 0 radical (unpaired) electrons. The summed E-state index contributed by atoms with van der Waals surface area (Å²) in [6, 6.07) is 3.11. The normalized spacial score (nSPS) is 10.8. The topological polar surface area (TPSA) is 104 Å². The lowest BCUT2D eigenvalue weighted by molar-refractivity contribution is -0.115. The SMILES string of the molecule is COc1cc(C(=O)Nc2nc(C)c(SCC(N)=O)s2)cc(Cl)c1OCCC(C)C. The summed E-state index contributed by atoms with van der Waals surface area (Å²) in [5.41, 5.74) is 6.22. The number of ether oxygens (including phenoxy) is 2. The Labute approximate surface area is 183 Å². The highest BCUT2D eigenvalue weighted by atomic mass is 35.5. The number of halogens is 1. The molecule has 2 rings (SSSR count). The Kier molecular flexibility index (Phi) is 8.60. The molecule has 0 spiro atoms. The summed E-state index contributed by atoms with van der Waals surface area (Å²) in [6.45, 7) is 6.52. The molecule has 1 aromatic carbocycles. The van der Waals surface area contributed by atoms with Gasteiger partial charge >= 0.3 is 0 Å². The van der Waals surface area contributed by atoms with Crippen LogP contribution in [0.2, 0.25) is 5.02 Å². The van der Waals surface area contributed by atoms with Crippen LogP contribution in [-0.4, -0.2) is 36.3 Å². The van der Waals surface area contributed by atoms with E-state index in [1.54, 1.807) is 13.0 Å². The van der Waals surface area contributed by atoms with Gasteiger partial charge in [0.05, 0.1) is 34.4 Å². The van der Waals surface area contributed by atoms with Crippen LogP contribution in [0.5, 0.6) is 11.5 Å². The Morgan fingerprint density at radius 2 is 2.10 bits per heavy atom. The second-order valence-electron chi connectivity index (χ2n) is 6.62. The molecule has 0 atom stereocenters. The van der Waals surface area contributed by atoms with E-state index in [4.69, 9.17) is 26.8 Å². The zero-order chi connectivity index (χ0) is 21.6. The summed E-state index contributed by atoms with van der Waals surface area (Å²) in [6.07, 6.45) is 0.876. The van der Waals surface area contributed by atoms with Gasteiger partial charge in [-0.3, -0.25) is 14.9 Å². The Balaban J connectivity index is 2.13. The minimum absolute atomic E-state index is 0.154. The number of aryl methyl sites for hydroxylation is 1. The third-order valence-electron chi connectivity index (χ3n) is 3.75. The van der Waals surface area contributed by atoms with Gasteiger partial charge in [0.25, 0.3) is 5.91 Å². The molecule has 0 aliphatic carbocycles. The van der Waals surface area contributed by atoms with Gasteiger partial charge < -0.3 is 15.2 Å². The molecule has 1 aromatic heterocycles. The number of amides is 2. The van der Waals surface area contributed by atoms with Gasteiger partial charge in [-0.15, -0.1) is 11.8 Å². The van der Waals surface area contributed by atoms with E-state index in [0.717, 1.165) is 16.3 Å². The van der Waals surface area contributed by atoms with E-state index in [2.05, 4.69) is 24.1 Å². The van der Waals surface area contributed by atoms with Crippen molar-refractivity contribution in [1.29, 1.82) is 0 Å². The number of primary amides is 1. The maximum atomic E-state index is 12.7. The molecule has 2 amide bonds. The Morgan fingerprint density at radius 3 is 2.72 bits per heavy atom. The Hall–Kier alpha value is -1.97. The van der Waals surface area contributed by atoms with Crippen molar-refractivity contribution >= 4 is 51.6 Å². The highest BCUT2D eigenvalue weighted by molar-refractivity contribution is 8.01. The lowest BCUT2D eigenvalue weighted by Crippen LogP contribution is -2.12. The average Bonchev–Trinajstić information content (AvgIpc) is 2.99. The molecular weight excluding hydrogens is 434 g/mol. The molecule has 0 aliphatic rings. The predicted molar refractivity (Wildman–Crippen MR) is 118 cm³/mol. The van der Waals surface area contributed by atoms with Gasteiger partial charge in [0.2, 0.25) is 5.91 Å². The van der Waals surface area contributed by atoms with Crippen molar-refractivity contribution in [3.8, 4) is 11.5 Å². The highest BCUT2D eigenvalue weighted by Gasteiger charge is 2.18. The number of rotatable bonds is 10. The van der Waals surface area contributed by atoms with E-state index in [0.29, 0.717) is 39.7 Å². The number of thioether (sulfide) groups is 1. The minimum Gasteiger partial charge on any atom is -0.493 e. The van der Waals surface area contributed by atoms with E-state index in [9.17, 15) is 9.59 Å². The van der Waals surface area contributed by atoms with Gasteiger partial charge in [0, 0.05) is 5.56 Å². The van der Waals surface area contributed by atoms with Crippen LogP contribution in [0, 0.1) is 12.8 Å². The van der Waals surface area contributed by atoms with Crippen molar-refractivity contribution in [2.45, 2.75) is 31.4 Å². The lowest BCUT2D eigenvalue weighted by Gasteiger charge is -2.14. The van der Waals surface area contributed by atoms with E-state index in [1.165, 1.54) is 36.3 Å². The van der Waals surface area contributed by atoms with Crippen LogP contribution >= 0.6 is 34.7 Å². The second kappa shape index (κ2) is 10.7. The first-order chi connectivity index (χ1) is 13.7. The van der Waals surface area contributed by atoms with Crippen LogP contribution in [0.4, 0.5) is 5.13 Å². The maximum Gasteiger partial charge on any atom is 0.257 e. The number of nitrogens with one attached hydrogen (secondary N) is 1. The number of aromatic nitrogens is 1. The van der Waals surface area contributed by atoms with E-state index >= 15 is 0 Å². The Morgan fingerprint density at radius 1 is 1.38 bits per heavy atom. The molecular formula is C19H24ClN3O4S2. The van der Waals surface area contributed by atoms with E-state index in [-0.39, 0.29) is 11.7 Å². The fraction of sp³-hybridized carbons (Fsp3) is 0.421. The van der Waals surface area contributed by atoms with Crippen molar-refractivity contribution in [3.05, 3.63) is 28.4 Å². The first kappa shape index (κ1) is 23.3. The summed E-state index contributed by atoms with van der Waals surface area (Å²) in [5.74, 6) is 0.671. The third-order valence-corrected chi connectivity index (χ3v) is 6.49. The molecule has 0 saturated heterocycles. The third kappa shape index (κ3) is 6.80. The number of carbonyl (C=O) groups is 2. The molecule has 0 unspecified atom stereocenters.